The molecule has 0 radical (unpaired) electrons. The second-order valence-electron chi connectivity index (χ2n) is 9.18. The van der Waals surface area contributed by atoms with Crippen molar-refractivity contribution in [3.05, 3.63) is 0 Å². The standard InChI is InChI=1S/C23H47NO3/c1-5-6-7-8-9-10-11-12-13-14-15-16-17-18-19-27-21-22(23(25)26)20-24(2,3)4/h22H,5-21H2,1-4H3/p+1. The van der Waals surface area contributed by atoms with Crippen LogP contribution in [0.1, 0.15) is 96.8 Å². The molecular weight excluding hydrogens is 338 g/mol. The molecule has 1 atom stereocenters. The van der Waals surface area contributed by atoms with Crippen LogP contribution in [0, 0.1) is 5.92 Å². The monoisotopic (exact) mass is 386 g/mol. The van der Waals surface area contributed by atoms with E-state index in [9.17, 15) is 9.90 Å². The Labute approximate surface area is 169 Å². The molecule has 0 aromatic heterocycles. The van der Waals surface area contributed by atoms with Crippen molar-refractivity contribution in [2.75, 3.05) is 40.9 Å². The summed E-state index contributed by atoms with van der Waals surface area (Å²) in [5, 5.41) is 9.27. The number of carboxylic acids is 1. The molecule has 1 unspecified atom stereocenters. The van der Waals surface area contributed by atoms with Crippen LogP contribution in [0.4, 0.5) is 0 Å². The zero-order valence-electron chi connectivity index (χ0n) is 18.8. The molecule has 0 bridgehead atoms. The summed E-state index contributed by atoms with van der Waals surface area (Å²) in [6.07, 6.45) is 18.9. The lowest BCUT2D eigenvalue weighted by Crippen LogP contribution is -2.43. The lowest BCUT2D eigenvalue weighted by molar-refractivity contribution is -0.872. The molecule has 0 saturated heterocycles. The van der Waals surface area contributed by atoms with Crippen molar-refractivity contribution in [1.82, 2.24) is 0 Å². The second kappa shape index (κ2) is 17.5. The Morgan fingerprint density at radius 2 is 1.19 bits per heavy atom. The quantitative estimate of drug-likeness (QED) is 0.209. The summed E-state index contributed by atoms with van der Waals surface area (Å²) in [5.41, 5.74) is 0. The molecule has 162 valence electrons. The zero-order valence-corrected chi connectivity index (χ0v) is 18.8. The molecule has 0 aromatic rings. The van der Waals surface area contributed by atoms with Gasteiger partial charge in [-0.2, -0.15) is 0 Å². The van der Waals surface area contributed by atoms with Gasteiger partial charge >= 0.3 is 5.97 Å². The fourth-order valence-electron chi connectivity index (χ4n) is 3.49. The first-order valence-electron chi connectivity index (χ1n) is 11.5. The molecule has 1 N–H and O–H groups in total. The first-order valence-corrected chi connectivity index (χ1v) is 11.5. The van der Waals surface area contributed by atoms with E-state index < -0.39 is 11.9 Å². The van der Waals surface area contributed by atoms with E-state index in [-0.39, 0.29) is 0 Å². The SMILES string of the molecule is CCCCCCCCCCCCCCCCOCC(C[N+](C)(C)C)C(=O)O. The summed E-state index contributed by atoms with van der Waals surface area (Å²) >= 11 is 0. The summed E-state index contributed by atoms with van der Waals surface area (Å²) < 4.78 is 6.27. The summed E-state index contributed by atoms with van der Waals surface area (Å²) in [6, 6.07) is 0. The van der Waals surface area contributed by atoms with Gasteiger partial charge in [0.05, 0.1) is 34.3 Å². The number of carbonyl (C=O) groups is 1. The van der Waals surface area contributed by atoms with Crippen molar-refractivity contribution in [3.8, 4) is 0 Å². The van der Waals surface area contributed by atoms with Gasteiger partial charge in [-0.1, -0.05) is 90.4 Å². The molecule has 0 aliphatic heterocycles. The summed E-state index contributed by atoms with van der Waals surface area (Å²) in [7, 11) is 6.05. The number of hydrogen-bond donors (Lipinski definition) is 1. The largest absolute Gasteiger partial charge is 0.481 e. The average molecular weight is 387 g/mol. The molecule has 0 fully saturated rings. The van der Waals surface area contributed by atoms with E-state index in [2.05, 4.69) is 6.92 Å². The van der Waals surface area contributed by atoms with Crippen LogP contribution in [0.15, 0.2) is 0 Å². The number of ether oxygens (including phenoxy) is 1. The maximum Gasteiger partial charge on any atom is 0.314 e. The molecule has 0 rings (SSSR count). The summed E-state index contributed by atoms with van der Waals surface area (Å²) in [4.78, 5) is 11.3. The van der Waals surface area contributed by atoms with Crippen molar-refractivity contribution in [1.29, 1.82) is 0 Å². The molecule has 0 heterocycles. The Kier molecular flexibility index (Phi) is 17.1. The molecule has 4 nitrogen and oxygen atoms in total. The number of nitrogens with zero attached hydrogens (tertiary/aromatic N) is 1. The third-order valence-electron chi connectivity index (χ3n) is 5.08. The van der Waals surface area contributed by atoms with Gasteiger partial charge in [0.2, 0.25) is 0 Å². The molecule has 0 aliphatic rings. The molecule has 0 spiro atoms. The minimum Gasteiger partial charge on any atom is -0.481 e. The number of carboxylic acid groups (broad SMARTS) is 1. The van der Waals surface area contributed by atoms with E-state index in [0.29, 0.717) is 24.2 Å². The van der Waals surface area contributed by atoms with Crippen LogP contribution in [0.2, 0.25) is 0 Å². The summed E-state index contributed by atoms with van der Waals surface area (Å²) in [5.74, 6) is -1.15. The van der Waals surface area contributed by atoms with Gasteiger partial charge in [0, 0.05) is 6.61 Å². The van der Waals surface area contributed by atoms with Gasteiger partial charge < -0.3 is 14.3 Å². The molecule has 0 amide bonds. The molecule has 0 aromatic carbocycles. The lowest BCUT2D eigenvalue weighted by atomic mass is 10.0. The van der Waals surface area contributed by atoms with Gasteiger partial charge in [0.1, 0.15) is 5.92 Å². The van der Waals surface area contributed by atoms with Crippen molar-refractivity contribution >= 4 is 5.97 Å². The molecule has 0 saturated carbocycles. The number of aliphatic carboxylic acids is 1. The molecule has 0 aliphatic carbocycles. The predicted octanol–water partition coefficient (Wildman–Crippen LogP) is 5.89. The molecule has 4 heteroatoms. The minimum absolute atomic E-state index is 0.337. The second-order valence-corrected chi connectivity index (χ2v) is 9.18. The van der Waals surface area contributed by atoms with E-state index in [1.807, 2.05) is 21.1 Å². The third kappa shape index (κ3) is 19.9. The highest BCUT2D eigenvalue weighted by Gasteiger charge is 2.24. The average Bonchev–Trinajstić information content (AvgIpc) is 2.59. The van der Waals surface area contributed by atoms with Crippen LogP contribution in [0.5, 0.6) is 0 Å². The molecule has 27 heavy (non-hydrogen) atoms. The number of hydrogen-bond acceptors (Lipinski definition) is 2. The summed E-state index contributed by atoms with van der Waals surface area (Å²) in [6.45, 7) is 3.91. The Morgan fingerprint density at radius 3 is 1.56 bits per heavy atom. The van der Waals surface area contributed by atoms with Crippen molar-refractivity contribution in [2.45, 2.75) is 96.8 Å². The first kappa shape index (κ1) is 26.4. The fraction of sp³-hybridized carbons (Fsp3) is 0.957. The van der Waals surface area contributed by atoms with Crippen molar-refractivity contribution in [2.24, 2.45) is 5.92 Å². The van der Waals surface area contributed by atoms with Gasteiger partial charge in [-0.15, -0.1) is 0 Å². The highest BCUT2D eigenvalue weighted by atomic mass is 16.5. The van der Waals surface area contributed by atoms with E-state index in [1.54, 1.807) is 0 Å². The van der Waals surface area contributed by atoms with E-state index in [1.165, 1.54) is 83.5 Å². The highest BCUT2D eigenvalue weighted by molar-refractivity contribution is 5.70. The minimum atomic E-state index is -0.746. The molecular formula is C23H48NO3+. The maximum absolute atomic E-state index is 11.3. The van der Waals surface area contributed by atoms with E-state index >= 15 is 0 Å². The maximum atomic E-state index is 11.3. The van der Waals surface area contributed by atoms with Crippen LogP contribution in [0.25, 0.3) is 0 Å². The Hall–Kier alpha value is -0.610. The smallest absolute Gasteiger partial charge is 0.314 e. The first-order chi connectivity index (χ1) is 12.9. The van der Waals surface area contributed by atoms with Gasteiger partial charge in [-0.25, -0.2) is 0 Å². The van der Waals surface area contributed by atoms with Crippen LogP contribution in [0.3, 0.4) is 0 Å². The Morgan fingerprint density at radius 1 is 0.778 bits per heavy atom. The zero-order chi connectivity index (χ0) is 20.4. The third-order valence-corrected chi connectivity index (χ3v) is 5.08. The van der Waals surface area contributed by atoms with Crippen LogP contribution < -0.4 is 0 Å². The highest BCUT2D eigenvalue weighted by Crippen LogP contribution is 2.13. The van der Waals surface area contributed by atoms with Crippen LogP contribution in [-0.2, 0) is 9.53 Å². The van der Waals surface area contributed by atoms with Crippen LogP contribution >= 0.6 is 0 Å². The van der Waals surface area contributed by atoms with Crippen LogP contribution in [-0.4, -0.2) is 56.5 Å². The number of quaternary nitrogens is 1. The number of rotatable bonds is 20. The lowest BCUT2D eigenvalue weighted by Gasteiger charge is -2.27. The van der Waals surface area contributed by atoms with E-state index in [4.69, 9.17) is 4.74 Å². The van der Waals surface area contributed by atoms with Crippen molar-refractivity contribution in [3.63, 3.8) is 0 Å². The van der Waals surface area contributed by atoms with Gasteiger partial charge in [-0.05, 0) is 6.42 Å². The normalized spacial score (nSPS) is 13.0. The van der Waals surface area contributed by atoms with Gasteiger partial charge in [0.15, 0.2) is 0 Å². The van der Waals surface area contributed by atoms with Crippen molar-refractivity contribution < 1.29 is 19.1 Å². The Bertz CT molecular complexity index is 339. The number of unbranched alkanes of at least 4 members (excludes halogenated alkanes) is 13. The Balaban J connectivity index is 3.34. The van der Waals surface area contributed by atoms with Gasteiger partial charge in [0.25, 0.3) is 0 Å². The van der Waals surface area contributed by atoms with Gasteiger partial charge in [-0.3, -0.25) is 4.79 Å². The topological polar surface area (TPSA) is 46.5 Å². The fourth-order valence-corrected chi connectivity index (χ4v) is 3.49. The van der Waals surface area contributed by atoms with E-state index in [0.717, 1.165) is 6.42 Å². The predicted molar refractivity (Wildman–Crippen MR) is 115 cm³/mol.